The van der Waals surface area contributed by atoms with Gasteiger partial charge in [0, 0.05) is 0 Å². The Morgan fingerprint density at radius 3 is 1.29 bits per heavy atom. The Morgan fingerprint density at radius 2 is 0.905 bits per heavy atom. The Kier molecular flexibility index (Phi) is 3.53. The molecule has 0 unspecified atom stereocenters. The maximum absolute atomic E-state index is 8.83. The van der Waals surface area contributed by atoms with E-state index in [2.05, 4.69) is 61.5 Å². The average Bonchev–Trinajstić information content (AvgIpc) is 2.56. The van der Waals surface area contributed by atoms with E-state index in [9.17, 15) is 0 Å². The van der Waals surface area contributed by atoms with Gasteiger partial charge in [-0.2, -0.15) is 5.26 Å². The second-order valence-corrected chi connectivity index (χ2v) is 5.13. The minimum atomic E-state index is 0.690. The monoisotopic (exact) mass is 269 g/mol. The first kappa shape index (κ1) is 13.1. The maximum atomic E-state index is 8.83. The van der Waals surface area contributed by atoms with Crippen LogP contribution in [0.5, 0.6) is 0 Å². The summed E-state index contributed by atoms with van der Waals surface area (Å²) in [5.74, 6) is 0. The van der Waals surface area contributed by atoms with E-state index in [1.165, 1.54) is 16.7 Å². The average molecular weight is 269 g/mol. The van der Waals surface area contributed by atoms with Crippen LogP contribution >= 0.6 is 0 Å². The lowest BCUT2D eigenvalue weighted by atomic mass is 9.99. The molecule has 1 heteroatoms. The first-order chi connectivity index (χ1) is 10.3. The highest BCUT2D eigenvalue weighted by atomic mass is 14.2. The molecule has 0 atom stereocenters. The molecule has 0 aliphatic heterocycles. The van der Waals surface area contributed by atoms with Crippen LogP contribution in [0, 0.1) is 18.3 Å². The smallest absolute Gasteiger partial charge is 0.0991 e. The maximum Gasteiger partial charge on any atom is 0.0991 e. The van der Waals surface area contributed by atoms with Gasteiger partial charge in [-0.05, 0) is 41.3 Å². The molecular weight excluding hydrogens is 254 g/mol. The van der Waals surface area contributed by atoms with Crippen LogP contribution in [0.2, 0.25) is 0 Å². The van der Waals surface area contributed by atoms with Crippen molar-refractivity contribution in [1.29, 1.82) is 5.26 Å². The summed E-state index contributed by atoms with van der Waals surface area (Å²) in [6.07, 6.45) is 0. The fourth-order valence-electron chi connectivity index (χ4n) is 2.34. The number of benzene rings is 3. The quantitative estimate of drug-likeness (QED) is 0.627. The van der Waals surface area contributed by atoms with E-state index >= 15 is 0 Å². The topological polar surface area (TPSA) is 23.8 Å². The molecule has 100 valence electrons. The van der Waals surface area contributed by atoms with Crippen molar-refractivity contribution in [2.45, 2.75) is 6.92 Å². The van der Waals surface area contributed by atoms with E-state index in [-0.39, 0.29) is 0 Å². The molecule has 0 spiro atoms. The normalized spacial score (nSPS) is 10.1. The number of nitrogens with zero attached hydrogens (tertiary/aromatic N) is 1. The lowest BCUT2D eigenvalue weighted by Crippen LogP contribution is -1.81. The number of rotatable bonds is 2. The summed E-state index contributed by atoms with van der Waals surface area (Å²) in [6, 6.07) is 26.9. The van der Waals surface area contributed by atoms with Crippen molar-refractivity contribution in [2.24, 2.45) is 0 Å². The third kappa shape index (κ3) is 2.85. The second-order valence-electron chi connectivity index (χ2n) is 5.13. The summed E-state index contributed by atoms with van der Waals surface area (Å²) >= 11 is 0. The highest BCUT2D eigenvalue weighted by Crippen LogP contribution is 2.25. The van der Waals surface area contributed by atoms with Gasteiger partial charge in [0.05, 0.1) is 11.6 Å². The van der Waals surface area contributed by atoms with Gasteiger partial charge < -0.3 is 0 Å². The zero-order chi connectivity index (χ0) is 14.7. The molecule has 0 aromatic heterocycles. The Morgan fingerprint density at radius 1 is 0.571 bits per heavy atom. The van der Waals surface area contributed by atoms with Crippen LogP contribution in [0.25, 0.3) is 22.3 Å². The molecule has 0 bridgehead atoms. The van der Waals surface area contributed by atoms with Crippen LogP contribution in [-0.2, 0) is 0 Å². The largest absolute Gasteiger partial charge is 0.192 e. The van der Waals surface area contributed by atoms with Crippen LogP contribution in [0.15, 0.2) is 72.8 Å². The first-order valence-corrected chi connectivity index (χ1v) is 6.94. The molecule has 0 aliphatic rings. The summed E-state index contributed by atoms with van der Waals surface area (Å²) in [6.45, 7) is 2.10. The van der Waals surface area contributed by atoms with E-state index in [0.717, 1.165) is 11.1 Å². The molecule has 1 nitrogen and oxygen atoms in total. The molecule has 3 rings (SSSR count). The van der Waals surface area contributed by atoms with Crippen molar-refractivity contribution in [3.63, 3.8) is 0 Å². The number of nitriles is 1. The van der Waals surface area contributed by atoms with Gasteiger partial charge in [0.15, 0.2) is 0 Å². The minimum absolute atomic E-state index is 0.690. The molecule has 3 aromatic rings. The number of hydrogen-bond acceptors (Lipinski definition) is 1. The van der Waals surface area contributed by atoms with Crippen molar-refractivity contribution in [2.75, 3.05) is 0 Å². The van der Waals surface area contributed by atoms with Gasteiger partial charge in [-0.25, -0.2) is 0 Å². The van der Waals surface area contributed by atoms with Crippen molar-refractivity contribution in [3.8, 4) is 28.3 Å². The molecule has 0 saturated carbocycles. The van der Waals surface area contributed by atoms with E-state index in [4.69, 9.17) is 5.26 Å². The van der Waals surface area contributed by atoms with Crippen LogP contribution in [0.4, 0.5) is 0 Å². The molecule has 0 saturated heterocycles. The van der Waals surface area contributed by atoms with Gasteiger partial charge in [-0.1, -0.05) is 66.2 Å². The highest BCUT2D eigenvalue weighted by molar-refractivity contribution is 5.70. The van der Waals surface area contributed by atoms with Crippen molar-refractivity contribution < 1.29 is 0 Å². The Hall–Kier alpha value is -2.85. The predicted molar refractivity (Wildman–Crippen MR) is 86.8 cm³/mol. The van der Waals surface area contributed by atoms with E-state index in [1.54, 1.807) is 0 Å². The van der Waals surface area contributed by atoms with Crippen molar-refractivity contribution >= 4 is 0 Å². The fourth-order valence-corrected chi connectivity index (χ4v) is 2.34. The van der Waals surface area contributed by atoms with Gasteiger partial charge in [-0.15, -0.1) is 0 Å². The summed E-state index contributed by atoms with van der Waals surface area (Å²) in [7, 11) is 0. The van der Waals surface area contributed by atoms with Gasteiger partial charge in [0.1, 0.15) is 0 Å². The lowest BCUT2D eigenvalue weighted by molar-refractivity contribution is 1.47. The predicted octanol–water partition coefficient (Wildman–Crippen LogP) is 5.20. The minimum Gasteiger partial charge on any atom is -0.192 e. The number of hydrogen-bond donors (Lipinski definition) is 0. The molecule has 0 fully saturated rings. The third-order valence-electron chi connectivity index (χ3n) is 3.62. The Bertz CT molecular complexity index is 773. The van der Waals surface area contributed by atoms with Crippen LogP contribution < -0.4 is 0 Å². The fraction of sp³-hybridized carbons (Fsp3) is 0.0500. The zero-order valence-corrected chi connectivity index (χ0v) is 11.9. The summed E-state index contributed by atoms with van der Waals surface area (Å²) in [4.78, 5) is 0. The molecule has 21 heavy (non-hydrogen) atoms. The zero-order valence-electron chi connectivity index (χ0n) is 11.9. The second kappa shape index (κ2) is 5.64. The van der Waals surface area contributed by atoms with Gasteiger partial charge >= 0.3 is 0 Å². The van der Waals surface area contributed by atoms with Crippen LogP contribution in [0.3, 0.4) is 0 Å². The SMILES string of the molecule is Cc1ccc(-c2ccc(-c3ccc(C#N)cc3)cc2)cc1. The van der Waals surface area contributed by atoms with Crippen LogP contribution in [-0.4, -0.2) is 0 Å². The standard InChI is InChI=1S/C20H15N/c1-15-2-6-17(7-3-15)19-10-12-20(13-11-19)18-8-4-16(14-21)5-9-18/h2-13H,1H3. The van der Waals surface area contributed by atoms with Crippen molar-refractivity contribution in [3.05, 3.63) is 83.9 Å². The van der Waals surface area contributed by atoms with E-state index < -0.39 is 0 Å². The van der Waals surface area contributed by atoms with Gasteiger partial charge in [0.2, 0.25) is 0 Å². The molecule has 0 radical (unpaired) electrons. The molecule has 0 amide bonds. The molecule has 0 aliphatic carbocycles. The molecule has 3 aromatic carbocycles. The Balaban J connectivity index is 1.89. The first-order valence-electron chi connectivity index (χ1n) is 6.94. The molecule has 0 heterocycles. The Labute approximate surface area is 125 Å². The van der Waals surface area contributed by atoms with Gasteiger partial charge in [0.25, 0.3) is 0 Å². The molecular formula is C20H15N. The van der Waals surface area contributed by atoms with Crippen LogP contribution in [0.1, 0.15) is 11.1 Å². The lowest BCUT2D eigenvalue weighted by Gasteiger charge is -2.05. The summed E-state index contributed by atoms with van der Waals surface area (Å²) in [5.41, 5.74) is 6.70. The molecule has 0 N–H and O–H groups in total. The summed E-state index contributed by atoms with van der Waals surface area (Å²) in [5, 5.41) is 8.83. The summed E-state index contributed by atoms with van der Waals surface area (Å²) < 4.78 is 0. The van der Waals surface area contributed by atoms with Crippen molar-refractivity contribution in [1.82, 2.24) is 0 Å². The highest BCUT2D eigenvalue weighted by Gasteiger charge is 2.00. The van der Waals surface area contributed by atoms with Gasteiger partial charge in [-0.3, -0.25) is 0 Å². The van der Waals surface area contributed by atoms with E-state index in [1.807, 2.05) is 24.3 Å². The van der Waals surface area contributed by atoms with E-state index in [0.29, 0.717) is 5.56 Å². The number of aryl methyl sites for hydroxylation is 1. The third-order valence-corrected chi connectivity index (χ3v) is 3.62.